The van der Waals surface area contributed by atoms with Crippen LogP contribution in [-0.2, 0) is 11.2 Å². The van der Waals surface area contributed by atoms with E-state index in [-0.39, 0.29) is 5.92 Å². The first-order valence-electron chi connectivity index (χ1n) is 6.59. The normalized spacial score (nSPS) is 20.2. The van der Waals surface area contributed by atoms with Gasteiger partial charge in [-0.05, 0) is 37.7 Å². The first-order valence-corrected chi connectivity index (χ1v) is 6.59. The maximum atomic E-state index is 11.4. The largest absolute Gasteiger partial charge is 0.299 e. The van der Waals surface area contributed by atoms with E-state index in [0.717, 1.165) is 32.1 Å². The predicted octanol–water partition coefficient (Wildman–Crippen LogP) is 3.93. The molecule has 0 bridgehead atoms. The van der Waals surface area contributed by atoms with Crippen molar-refractivity contribution >= 4 is 5.78 Å². The molecule has 1 aliphatic carbocycles. The van der Waals surface area contributed by atoms with Gasteiger partial charge >= 0.3 is 0 Å². The van der Waals surface area contributed by atoms with E-state index in [1.165, 1.54) is 12.0 Å². The van der Waals surface area contributed by atoms with Crippen molar-refractivity contribution in [1.82, 2.24) is 0 Å². The molecule has 0 N–H and O–H groups in total. The fourth-order valence-electron chi connectivity index (χ4n) is 2.38. The van der Waals surface area contributed by atoms with Crippen molar-refractivity contribution in [3.63, 3.8) is 0 Å². The van der Waals surface area contributed by atoms with Crippen LogP contribution in [0.4, 0.5) is 0 Å². The molecule has 1 aromatic carbocycles. The van der Waals surface area contributed by atoms with Gasteiger partial charge in [-0.15, -0.1) is 0 Å². The van der Waals surface area contributed by atoms with E-state index >= 15 is 0 Å². The van der Waals surface area contributed by atoms with E-state index < -0.39 is 0 Å². The van der Waals surface area contributed by atoms with Crippen LogP contribution < -0.4 is 0 Å². The van der Waals surface area contributed by atoms with Crippen LogP contribution in [0.3, 0.4) is 0 Å². The van der Waals surface area contributed by atoms with E-state index in [1.54, 1.807) is 0 Å². The van der Waals surface area contributed by atoms with Crippen LogP contribution in [0.2, 0.25) is 0 Å². The van der Waals surface area contributed by atoms with Crippen LogP contribution in [0.25, 0.3) is 0 Å². The minimum Gasteiger partial charge on any atom is -0.299 e. The van der Waals surface area contributed by atoms with Gasteiger partial charge in [-0.1, -0.05) is 42.5 Å². The van der Waals surface area contributed by atoms with Crippen molar-refractivity contribution in [2.45, 2.75) is 38.5 Å². The second-order valence-electron chi connectivity index (χ2n) is 4.77. The smallest absolute Gasteiger partial charge is 0.139 e. The second kappa shape index (κ2) is 6.39. The van der Waals surface area contributed by atoms with E-state index in [1.807, 2.05) is 0 Å². The molecule has 1 atom stereocenters. The summed E-state index contributed by atoms with van der Waals surface area (Å²) in [7, 11) is 0. The number of rotatable bonds is 5. The fourth-order valence-corrected chi connectivity index (χ4v) is 2.38. The number of carbonyl (C=O) groups excluding carboxylic acids is 1. The van der Waals surface area contributed by atoms with Gasteiger partial charge in [0.05, 0.1) is 0 Å². The lowest BCUT2D eigenvalue weighted by Gasteiger charge is -2.00. The Morgan fingerprint density at radius 1 is 1.24 bits per heavy atom. The third kappa shape index (κ3) is 3.85. The summed E-state index contributed by atoms with van der Waals surface area (Å²) in [5.41, 5.74) is 1.40. The molecule has 0 radical (unpaired) electrons. The summed E-state index contributed by atoms with van der Waals surface area (Å²) in [6.07, 6.45) is 10.6. The Kier molecular flexibility index (Phi) is 4.54. The predicted molar refractivity (Wildman–Crippen MR) is 70.9 cm³/mol. The van der Waals surface area contributed by atoms with Crippen molar-refractivity contribution in [2.24, 2.45) is 5.92 Å². The maximum Gasteiger partial charge on any atom is 0.139 e. The van der Waals surface area contributed by atoms with Crippen molar-refractivity contribution < 1.29 is 4.79 Å². The molecular formula is C16H20O. The van der Waals surface area contributed by atoms with Crippen molar-refractivity contribution in [2.75, 3.05) is 0 Å². The third-order valence-electron chi connectivity index (χ3n) is 3.40. The highest BCUT2D eigenvalue weighted by molar-refractivity contribution is 5.84. The molecule has 2 rings (SSSR count). The van der Waals surface area contributed by atoms with Gasteiger partial charge in [0.25, 0.3) is 0 Å². The summed E-state index contributed by atoms with van der Waals surface area (Å²) < 4.78 is 0. The highest BCUT2D eigenvalue weighted by Crippen LogP contribution is 2.22. The third-order valence-corrected chi connectivity index (χ3v) is 3.40. The zero-order valence-corrected chi connectivity index (χ0v) is 10.3. The van der Waals surface area contributed by atoms with Gasteiger partial charge in [0.1, 0.15) is 5.78 Å². The molecule has 1 nitrogen and oxygen atoms in total. The number of allylic oxidation sites excluding steroid dienone is 2. The molecule has 17 heavy (non-hydrogen) atoms. The molecule has 0 saturated heterocycles. The molecule has 0 amide bonds. The fraction of sp³-hybridized carbons (Fsp3) is 0.438. The van der Waals surface area contributed by atoms with Crippen LogP contribution in [0.5, 0.6) is 0 Å². The number of Topliss-reactive ketones (excluding diaryl/α,β-unsaturated/α-hetero) is 1. The summed E-state index contributed by atoms with van der Waals surface area (Å²) in [5, 5.41) is 0. The number of ketones is 1. The molecule has 0 spiro atoms. The monoisotopic (exact) mass is 228 g/mol. The van der Waals surface area contributed by atoms with Crippen molar-refractivity contribution in [1.29, 1.82) is 0 Å². The van der Waals surface area contributed by atoms with Crippen molar-refractivity contribution in [3.05, 3.63) is 48.0 Å². The van der Waals surface area contributed by atoms with Gasteiger partial charge in [-0.25, -0.2) is 0 Å². The lowest BCUT2D eigenvalue weighted by Crippen LogP contribution is -2.01. The van der Waals surface area contributed by atoms with Gasteiger partial charge in [0.2, 0.25) is 0 Å². The first kappa shape index (κ1) is 12.1. The van der Waals surface area contributed by atoms with Crippen LogP contribution in [0.15, 0.2) is 42.5 Å². The topological polar surface area (TPSA) is 17.1 Å². The molecule has 1 aliphatic rings. The number of aryl methyl sites for hydroxylation is 1. The van der Waals surface area contributed by atoms with Crippen LogP contribution in [0.1, 0.15) is 37.7 Å². The number of benzene rings is 1. The summed E-state index contributed by atoms with van der Waals surface area (Å²) >= 11 is 0. The summed E-state index contributed by atoms with van der Waals surface area (Å²) in [5.74, 6) is 0.663. The van der Waals surface area contributed by atoms with Gasteiger partial charge in [0.15, 0.2) is 0 Å². The van der Waals surface area contributed by atoms with Crippen LogP contribution >= 0.6 is 0 Å². The summed E-state index contributed by atoms with van der Waals surface area (Å²) in [6.45, 7) is 0. The minimum absolute atomic E-state index is 0.228. The highest BCUT2D eigenvalue weighted by atomic mass is 16.1. The van der Waals surface area contributed by atoms with Gasteiger partial charge in [-0.2, -0.15) is 0 Å². The SMILES string of the molecule is O=C1CCC[C@H]1/C=C/CCCc1ccccc1. The zero-order chi connectivity index (χ0) is 11.9. The molecule has 1 fully saturated rings. The Balaban J connectivity index is 1.66. The quantitative estimate of drug-likeness (QED) is 0.551. The molecule has 90 valence electrons. The van der Waals surface area contributed by atoms with Gasteiger partial charge < -0.3 is 0 Å². The number of carbonyl (C=O) groups is 1. The zero-order valence-electron chi connectivity index (χ0n) is 10.3. The first-order chi connectivity index (χ1) is 8.36. The molecule has 1 heteroatoms. The number of hydrogen-bond acceptors (Lipinski definition) is 1. The molecule has 0 aromatic heterocycles. The Morgan fingerprint density at radius 3 is 2.76 bits per heavy atom. The van der Waals surface area contributed by atoms with E-state index in [4.69, 9.17) is 0 Å². The highest BCUT2D eigenvalue weighted by Gasteiger charge is 2.20. The van der Waals surface area contributed by atoms with E-state index in [2.05, 4.69) is 42.5 Å². The summed E-state index contributed by atoms with van der Waals surface area (Å²) in [4.78, 5) is 11.4. The number of unbranched alkanes of at least 4 members (excludes halogenated alkanes) is 1. The standard InChI is InChI=1S/C16H20O/c17-16-13-7-12-15(16)11-6-2-5-10-14-8-3-1-4-9-14/h1,3-4,6,8-9,11,15H,2,5,7,10,12-13H2/b11-6+/t15-/m1/s1. The lowest BCUT2D eigenvalue weighted by atomic mass is 10.0. The Morgan fingerprint density at radius 2 is 2.06 bits per heavy atom. The molecule has 0 aliphatic heterocycles. The van der Waals surface area contributed by atoms with Gasteiger partial charge in [-0.3, -0.25) is 4.79 Å². The summed E-state index contributed by atoms with van der Waals surface area (Å²) in [6, 6.07) is 10.6. The average Bonchev–Trinajstić information content (AvgIpc) is 2.76. The minimum atomic E-state index is 0.228. The Hall–Kier alpha value is -1.37. The van der Waals surface area contributed by atoms with Gasteiger partial charge in [0, 0.05) is 12.3 Å². The lowest BCUT2D eigenvalue weighted by molar-refractivity contribution is -0.119. The molecule has 0 heterocycles. The van der Waals surface area contributed by atoms with E-state index in [9.17, 15) is 4.79 Å². The van der Waals surface area contributed by atoms with E-state index in [0.29, 0.717) is 5.78 Å². The molecular weight excluding hydrogens is 208 g/mol. The Bertz CT molecular complexity index is 378. The maximum absolute atomic E-state index is 11.4. The average molecular weight is 228 g/mol. The second-order valence-corrected chi connectivity index (χ2v) is 4.77. The van der Waals surface area contributed by atoms with Crippen LogP contribution in [0, 0.1) is 5.92 Å². The molecule has 0 unspecified atom stereocenters. The van der Waals surface area contributed by atoms with Crippen molar-refractivity contribution in [3.8, 4) is 0 Å². The number of hydrogen-bond donors (Lipinski definition) is 0. The molecule has 1 aromatic rings. The van der Waals surface area contributed by atoms with Crippen LogP contribution in [-0.4, -0.2) is 5.78 Å². The Labute approximate surface area is 104 Å². The molecule has 1 saturated carbocycles.